The molecular weight excluding hydrogens is 296 g/mol. The molecule has 2 atom stereocenters. The molecule has 0 bridgehead atoms. The zero-order valence-corrected chi connectivity index (χ0v) is 12.6. The fraction of sp³-hybridized carbons (Fsp3) is 0.500. The molecule has 1 saturated carbocycles. The zero-order chi connectivity index (χ0) is 15.6. The summed E-state index contributed by atoms with van der Waals surface area (Å²) in [5, 5.41) is 14.4. The van der Waals surface area contributed by atoms with Gasteiger partial charge in [-0.25, -0.2) is 0 Å². The first-order valence-electron chi connectivity index (χ1n) is 6.71. The maximum absolute atomic E-state index is 11.5. The minimum Gasteiger partial charge on any atom is -0.469 e. The number of hydrogen-bond donors (Lipinski definition) is 1. The van der Waals surface area contributed by atoms with Crippen LogP contribution in [-0.2, 0) is 9.53 Å². The van der Waals surface area contributed by atoms with Crippen LogP contribution in [-0.4, -0.2) is 24.0 Å². The van der Waals surface area contributed by atoms with Crippen molar-refractivity contribution in [3.63, 3.8) is 0 Å². The SMILES string of the molecule is COC(=O)[C@H]1CC[C@@H](Nc2c(C)cc([N+](=O)[O-])cc2Cl)C1. The summed E-state index contributed by atoms with van der Waals surface area (Å²) < 4.78 is 4.75. The highest BCUT2D eigenvalue weighted by Crippen LogP contribution is 2.35. The normalized spacial score (nSPS) is 21.1. The number of benzene rings is 1. The van der Waals surface area contributed by atoms with Gasteiger partial charge in [-0.3, -0.25) is 14.9 Å². The number of carbonyl (C=O) groups is 1. The second-order valence-corrected chi connectivity index (χ2v) is 5.66. The third-order valence-electron chi connectivity index (χ3n) is 3.80. The predicted molar refractivity (Wildman–Crippen MR) is 79.6 cm³/mol. The number of esters is 1. The first kappa shape index (κ1) is 15.6. The van der Waals surface area contributed by atoms with E-state index in [1.807, 2.05) is 0 Å². The molecule has 1 aliphatic rings. The smallest absolute Gasteiger partial charge is 0.308 e. The van der Waals surface area contributed by atoms with Crippen molar-refractivity contribution in [2.24, 2.45) is 5.92 Å². The molecule has 1 fully saturated rings. The van der Waals surface area contributed by atoms with E-state index >= 15 is 0 Å². The number of methoxy groups -OCH3 is 1. The number of hydrogen-bond acceptors (Lipinski definition) is 5. The van der Waals surface area contributed by atoms with E-state index in [9.17, 15) is 14.9 Å². The lowest BCUT2D eigenvalue weighted by Gasteiger charge is -2.17. The largest absolute Gasteiger partial charge is 0.469 e. The standard InChI is InChI=1S/C14H17ClN2O4/c1-8-5-11(17(19)20)7-12(15)13(8)16-10-4-3-9(6-10)14(18)21-2/h5,7,9-10,16H,3-4,6H2,1-2H3/t9-,10+/m0/s1. The summed E-state index contributed by atoms with van der Waals surface area (Å²) in [5.41, 5.74) is 1.38. The Hall–Kier alpha value is -1.82. The molecule has 114 valence electrons. The van der Waals surface area contributed by atoms with Gasteiger partial charge in [0.25, 0.3) is 5.69 Å². The summed E-state index contributed by atoms with van der Waals surface area (Å²) in [6.07, 6.45) is 2.29. The number of nitrogens with zero attached hydrogens (tertiary/aromatic N) is 1. The van der Waals surface area contributed by atoms with E-state index in [-0.39, 0.29) is 23.6 Å². The molecule has 0 aliphatic heterocycles. The summed E-state index contributed by atoms with van der Waals surface area (Å²) in [7, 11) is 1.39. The van der Waals surface area contributed by atoms with Crippen molar-refractivity contribution in [2.45, 2.75) is 32.2 Å². The van der Waals surface area contributed by atoms with E-state index in [0.29, 0.717) is 17.1 Å². The van der Waals surface area contributed by atoms with Crippen LogP contribution in [0.5, 0.6) is 0 Å². The molecule has 0 saturated heterocycles. The third-order valence-corrected chi connectivity index (χ3v) is 4.10. The first-order chi connectivity index (χ1) is 9.92. The monoisotopic (exact) mass is 312 g/mol. The number of rotatable bonds is 4. The number of carbonyl (C=O) groups excluding carboxylic acids is 1. The van der Waals surface area contributed by atoms with Gasteiger partial charge in [-0.05, 0) is 31.7 Å². The lowest BCUT2D eigenvalue weighted by molar-refractivity contribution is -0.384. The Morgan fingerprint density at radius 3 is 2.76 bits per heavy atom. The van der Waals surface area contributed by atoms with Gasteiger partial charge in [0.2, 0.25) is 0 Å². The molecule has 0 heterocycles. The van der Waals surface area contributed by atoms with Gasteiger partial charge < -0.3 is 10.1 Å². The molecule has 21 heavy (non-hydrogen) atoms. The fourth-order valence-corrected chi connectivity index (χ4v) is 3.03. The number of ether oxygens (including phenoxy) is 1. The number of nitrogens with one attached hydrogen (secondary N) is 1. The highest BCUT2D eigenvalue weighted by Gasteiger charge is 2.31. The van der Waals surface area contributed by atoms with Crippen molar-refractivity contribution in [2.75, 3.05) is 12.4 Å². The highest BCUT2D eigenvalue weighted by molar-refractivity contribution is 6.33. The topological polar surface area (TPSA) is 81.5 Å². The maximum Gasteiger partial charge on any atom is 0.308 e. The minimum atomic E-state index is -0.467. The van der Waals surface area contributed by atoms with Crippen molar-refractivity contribution in [3.05, 3.63) is 32.8 Å². The third kappa shape index (κ3) is 3.44. The van der Waals surface area contributed by atoms with Gasteiger partial charge in [0, 0.05) is 18.2 Å². The number of non-ortho nitro benzene ring substituents is 1. The molecule has 2 rings (SSSR count). The average molecular weight is 313 g/mol. The van der Waals surface area contributed by atoms with Gasteiger partial charge in [-0.1, -0.05) is 11.6 Å². The van der Waals surface area contributed by atoms with Crippen LogP contribution < -0.4 is 5.32 Å². The molecule has 0 amide bonds. The molecule has 7 heteroatoms. The van der Waals surface area contributed by atoms with E-state index in [2.05, 4.69) is 5.32 Å². The second kappa shape index (κ2) is 6.30. The van der Waals surface area contributed by atoms with E-state index in [1.54, 1.807) is 6.92 Å². The van der Waals surface area contributed by atoms with Crippen molar-refractivity contribution < 1.29 is 14.5 Å². The number of nitro benzene ring substituents is 1. The molecule has 1 N–H and O–H groups in total. The Balaban J connectivity index is 2.11. The van der Waals surface area contributed by atoms with Crippen LogP contribution in [0.1, 0.15) is 24.8 Å². The molecule has 0 spiro atoms. The summed E-state index contributed by atoms with van der Waals surface area (Å²) in [6.45, 7) is 1.77. The van der Waals surface area contributed by atoms with E-state index in [1.165, 1.54) is 19.2 Å². The van der Waals surface area contributed by atoms with Crippen molar-refractivity contribution >= 4 is 28.9 Å². The summed E-state index contributed by atoms with van der Waals surface area (Å²) in [6, 6.07) is 2.94. The van der Waals surface area contributed by atoms with Gasteiger partial charge >= 0.3 is 5.97 Å². The Morgan fingerprint density at radius 2 is 2.19 bits per heavy atom. The molecular formula is C14H17ClN2O4. The van der Waals surface area contributed by atoms with Crippen LogP contribution in [0, 0.1) is 23.0 Å². The van der Waals surface area contributed by atoms with Gasteiger partial charge in [-0.2, -0.15) is 0 Å². The van der Waals surface area contributed by atoms with Crippen LogP contribution in [0.3, 0.4) is 0 Å². The lowest BCUT2D eigenvalue weighted by Crippen LogP contribution is -2.19. The van der Waals surface area contributed by atoms with Crippen LogP contribution >= 0.6 is 11.6 Å². The Morgan fingerprint density at radius 1 is 1.48 bits per heavy atom. The van der Waals surface area contributed by atoms with Crippen LogP contribution in [0.4, 0.5) is 11.4 Å². The Bertz CT molecular complexity index is 553. The number of nitro groups is 1. The number of halogens is 1. The second-order valence-electron chi connectivity index (χ2n) is 5.25. The van der Waals surface area contributed by atoms with Crippen molar-refractivity contribution in [3.8, 4) is 0 Å². The molecule has 0 unspecified atom stereocenters. The predicted octanol–water partition coefficient (Wildman–Crippen LogP) is 3.31. The molecule has 0 radical (unpaired) electrons. The van der Waals surface area contributed by atoms with E-state index in [4.69, 9.17) is 16.3 Å². The summed E-state index contributed by atoms with van der Waals surface area (Å²) in [5.74, 6) is -0.282. The quantitative estimate of drug-likeness (QED) is 0.524. The van der Waals surface area contributed by atoms with Crippen LogP contribution in [0.2, 0.25) is 5.02 Å². The van der Waals surface area contributed by atoms with Crippen LogP contribution in [0.25, 0.3) is 0 Å². The van der Waals surface area contributed by atoms with Crippen molar-refractivity contribution in [1.29, 1.82) is 0 Å². The van der Waals surface area contributed by atoms with Gasteiger partial charge in [-0.15, -0.1) is 0 Å². The molecule has 1 aromatic carbocycles. The molecule has 1 aliphatic carbocycles. The van der Waals surface area contributed by atoms with Gasteiger partial charge in [0.15, 0.2) is 0 Å². The van der Waals surface area contributed by atoms with Gasteiger partial charge in [0.05, 0.1) is 28.7 Å². The Labute approximate surface area is 127 Å². The maximum atomic E-state index is 11.5. The van der Waals surface area contributed by atoms with Crippen LogP contribution in [0.15, 0.2) is 12.1 Å². The highest BCUT2D eigenvalue weighted by atomic mass is 35.5. The minimum absolute atomic E-state index is 0.0260. The molecule has 0 aromatic heterocycles. The van der Waals surface area contributed by atoms with Crippen molar-refractivity contribution in [1.82, 2.24) is 0 Å². The van der Waals surface area contributed by atoms with Gasteiger partial charge in [0.1, 0.15) is 0 Å². The molecule has 6 nitrogen and oxygen atoms in total. The Kier molecular flexibility index (Phi) is 4.67. The van der Waals surface area contributed by atoms with E-state index < -0.39 is 4.92 Å². The number of aryl methyl sites for hydroxylation is 1. The zero-order valence-electron chi connectivity index (χ0n) is 11.9. The lowest BCUT2D eigenvalue weighted by atomic mass is 10.1. The average Bonchev–Trinajstić information content (AvgIpc) is 2.90. The number of anilines is 1. The summed E-state index contributed by atoms with van der Waals surface area (Å²) in [4.78, 5) is 21.8. The summed E-state index contributed by atoms with van der Waals surface area (Å²) >= 11 is 6.12. The van der Waals surface area contributed by atoms with E-state index in [0.717, 1.165) is 18.4 Å². The molecule has 1 aromatic rings. The fourth-order valence-electron chi connectivity index (χ4n) is 2.71. The first-order valence-corrected chi connectivity index (χ1v) is 7.09.